The first kappa shape index (κ1) is 20.1. The molecule has 2 aromatic heterocycles. The Hall–Kier alpha value is -3.81. The Bertz CT molecular complexity index is 1310. The van der Waals surface area contributed by atoms with Crippen LogP contribution in [0, 0.1) is 0 Å². The van der Waals surface area contributed by atoms with Crippen LogP contribution < -0.4 is 15.9 Å². The van der Waals surface area contributed by atoms with Gasteiger partial charge in [-0.3, -0.25) is 19.4 Å². The minimum Gasteiger partial charge on any atom is -0.434 e. The van der Waals surface area contributed by atoms with E-state index in [-0.39, 0.29) is 30.0 Å². The molecule has 0 spiro atoms. The molecule has 8 nitrogen and oxygen atoms in total. The van der Waals surface area contributed by atoms with Gasteiger partial charge < -0.3 is 14.6 Å². The van der Waals surface area contributed by atoms with Crippen molar-refractivity contribution in [2.45, 2.75) is 31.7 Å². The molecule has 1 aliphatic heterocycles. The van der Waals surface area contributed by atoms with Gasteiger partial charge in [0.25, 0.3) is 11.8 Å². The number of carbonyl (C=O) groups excluding carboxylic acids is 3. The molecule has 3 heterocycles. The number of Topliss-reactive ketones (excluding diaryl/α,β-unsaturated/α-hetero) is 1. The summed E-state index contributed by atoms with van der Waals surface area (Å²) in [5.41, 5.74) is 1.64. The van der Waals surface area contributed by atoms with Crippen LogP contribution in [0.3, 0.4) is 0 Å². The molecule has 5 rings (SSSR count). The maximum atomic E-state index is 13.0. The minimum absolute atomic E-state index is 0.00939. The fourth-order valence-electron chi connectivity index (χ4n) is 4.32. The van der Waals surface area contributed by atoms with E-state index in [9.17, 15) is 14.4 Å². The molecule has 0 bridgehead atoms. The summed E-state index contributed by atoms with van der Waals surface area (Å²) in [6, 6.07) is 8.18. The van der Waals surface area contributed by atoms with E-state index in [4.69, 9.17) is 4.42 Å². The van der Waals surface area contributed by atoms with Crippen LogP contribution in [-0.4, -0.2) is 51.6 Å². The summed E-state index contributed by atoms with van der Waals surface area (Å²) in [7, 11) is 0. The summed E-state index contributed by atoms with van der Waals surface area (Å²) in [5, 5.41) is 4.29. The Labute approximate surface area is 183 Å². The largest absolute Gasteiger partial charge is 0.434 e. The van der Waals surface area contributed by atoms with Gasteiger partial charge in [0.1, 0.15) is 11.6 Å². The minimum atomic E-state index is -0.635. The Morgan fingerprint density at radius 2 is 1.97 bits per heavy atom. The normalized spacial score (nSPS) is 17.4. The lowest BCUT2D eigenvalue weighted by atomic mass is 10.1. The second-order valence-corrected chi connectivity index (χ2v) is 7.92. The number of ketones is 1. The summed E-state index contributed by atoms with van der Waals surface area (Å²) >= 11 is 0. The molecule has 3 aromatic rings. The fraction of sp³-hybridized carbons (Fsp3) is 0.292. The third kappa shape index (κ3) is 3.68. The van der Waals surface area contributed by atoms with Crippen LogP contribution in [0.15, 0.2) is 40.9 Å². The van der Waals surface area contributed by atoms with E-state index in [0.29, 0.717) is 36.0 Å². The van der Waals surface area contributed by atoms with Crippen LogP contribution in [-0.2, 0) is 4.79 Å². The predicted octanol–water partition coefficient (Wildman–Crippen LogP) is 1.18. The van der Waals surface area contributed by atoms with Crippen LogP contribution in [0.5, 0.6) is 0 Å². The highest BCUT2D eigenvalue weighted by molar-refractivity contribution is 6.01. The van der Waals surface area contributed by atoms with Crippen molar-refractivity contribution in [1.29, 1.82) is 0 Å². The standard InChI is InChI=1S/C24H22N4O4/c29-21(14-26-23(31)16-11-12-25-17-7-2-1-6-15(16)17)28-13-5-9-19(28)22(30)24-27-18-8-3-4-10-20(18)32-24/h3-4,6-8,10-12,19H,1-2,5,9,13-14H2,(H,26,31)/t19-/m0/s1. The van der Waals surface area contributed by atoms with Crippen molar-refractivity contribution >= 4 is 40.8 Å². The van der Waals surface area contributed by atoms with Crippen molar-refractivity contribution in [3.8, 4) is 0 Å². The number of nitrogens with zero attached hydrogens (tertiary/aromatic N) is 3. The molecule has 8 heteroatoms. The molecule has 1 atom stereocenters. The number of aromatic nitrogens is 2. The van der Waals surface area contributed by atoms with Gasteiger partial charge in [-0.2, -0.15) is 0 Å². The van der Waals surface area contributed by atoms with Crippen LogP contribution >= 0.6 is 0 Å². The number of likely N-dealkylation sites (tertiary alicyclic amines) is 1. The molecule has 1 fully saturated rings. The van der Waals surface area contributed by atoms with E-state index < -0.39 is 6.04 Å². The van der Waals surface area contributed by atoms with E-state index in [1.165, 1.54) is 4.90 Å². The van der Waals surface area contributed by atoms with Crippen molar-refractivity contribution < 1.29 is 18.8 Å². The quantitative estimate of drug-likeness (QED) is 0.610. The number of oxazole rings is 1. The van der Waals surface area contributed by atoms with Crippen LogP contribution in [0.4, 0.5) is 0 Å². The van der Waals surface area contributed by atoms with Crippen molar-refractivity contribution in [2.24, 2.45) is 0 Å². The van der Waals surface area contributed by atoms with Gasteiger partial charge >= 0.3 is 0 Å². The van der Waals surface area contributed by atoms with E-state index in [2.05, 4.69) is 15.3 Å². The molecule has 0 saturated carbocycles. The Balaban J connectivity index is 1.28. The first-order chi connectivity index (χ1) is 15.6. The van der Waals surface area contributed by atoms with E-state index in [0.717, 1.165) is 23.4 Å². The molecular formula is C24H22N4O4. The molecule has 1 N–H and O–H groups in total. The number of benzene rings is 1. The molecule has 2 aliphatic rings. The summed E-state index contributed by atoms with van der Waals surface area (Å²) in [4.78, 5) is 48.7. The van der Waals surface area contributed by atoms with E-state index >= 15 is 0 Å². The van der Waals surface area contributed by atoms with E-state index in [1.54, 1.807) is 24.4 Å². The van der Waals surface area contributed by atoms with Gasteiger partial charge in [-0.1, -0.05) is 24.3 Å². The molecule has 1 aromatic carbocycles. The third-order valence-electron chi connectivity index (χ3n) is 5.90. The molecule has 0 radical (unpaired) electrons. The van der Waals surface area contributed by atoms with Crippen molar-refractivity contribution in [2.75, 3.05) is 13.1 Å². The fourth-order valence-corrected chi connectivity index (χ4v) is 4.32. The van der Waals surface area contributed by atoms with E-state index in [1.807, 2.05) is 24.3 Å². The van der Waals surface area contributed by atoms with Crippen molar-refractivity contribution in [3.05, 3.63) is 58.6 Å². The topological polar surface area (TPSA) is 105 Å². The number of amides is 2. The van der Waals surface area contributed by atoms with Crippen LogP contribution in [0.2, 0.25) is 0 Å². The highest BCUT2D eigenvalue weighted by Crippen LogP contribution is 2.23. The number of hydrogen-bond acceptors (Lipinski definition) is 6. The smallest absolute Gasteiger partial charge is 0.266 e. The number of carbonyl (C=O) groups is 3. The zero-order chi connectivity index (χ0) is 22.1. The molecule has 32 heavy (non-hydrogen) atoms. The van der Waals surface area contributed by atoms with Gasteiger partial charge in [0.05, 0.1) is 11.9 Å². The van der Waals surface area contributed by atoms with Crippen LogP contribution in [0.25, 0.3) is 23.3 Å². The highest BCUT2D eigenvalue weighted by Gasteiger charge is 2.36. The number of nitrogens with one attached hydrogen (secondary N) is 1. The Kier molecular flexibility index (Phi) is 5.26. The lowest BCUT2D eigenvalue weighted by Gasteiger charge is -2.22. The molecule has 2 amide bonds. The number of para-hydroxylation sites is 2. The second-order valence-electron chi connectivity index (χ2n) is 7.92. The lowest BCUT2D eigenvalue weighted by molar-refractivity contribution is -0.130. The van der Waals surface area contributed by atoms with Gasteiger partial charge in [0.15, 0.2) is 5.58 Å². The van der Waals surface area contributed by atoms with Gasteiger partial charge in [0.2, 0.25) is 11.7 Å². The average Bonchev–Trinajstić information content (AvgIpc) is 3.49. The molecule has 0 unspecified atom stereocenters. The van der Waals surface area contributed by atoms with Gasteiger partial charge in [-0.05, 0) is 43.9 Å². The zero-order valence-corrected chi connectivity index (χ0v) is 17.4. The Morgan fingerprint density at radius 1 is 1.12 bits per heavy atom. The highest BCUT2D eigenvalue weighted by atomic mass is 16.4. The lowest BCUT2D eigenvalue weighted by Crippen LogP contribution is -2.46. The first-order valence-electron chi connectivity index (χ1n) is 10.7. The summed E-state index contributed by atoms with van der Waals surface area (Å²) in [5.74, 6) is -0.935. The number of hydrogen-bond donors (Lipinski definition) is 1. The maximum absolute atomic E-state index is 13.0. The first-order valence-corrected chi connectivity index (χ1v) is 10.7. The maximum Gasteiger partial charge on any atom is 0.266 e. The SMILES string of the molecule is O=C(NCC(=O)N1CCC[C@H]1C(=O)c1nc2ccccc2o1)c1ccnc2c1=CCCC=2. The third-order valence-corrected chi connectivity index (χ3v) is 5.90. The molecule has 1 saturated heterocycles. The second kappa shape index (κ2) is 8.37. The van der Waals surface area contributed by atoms with Crippen LogP contribution in [0.1, 0.15) is 46.7 Å². The monoisotopic (exact) mass is 430 g/mol. The summed E-state index contributed by atoms with van der Waals surface area (Å²) < 4.78 is 5.60. The summed E-state index contributed by atoms with van der Waals surface area (Å²) in [6.07, 6.45) is 8.59. The number of pyridine rings is 1. The van der Waals surface area contributed by atoms with Gasteiger partial charge in [0, 0.05) is 23.5 Å². The molecule has 162 valence electrons. The summed E-state index contributed by atoms with van der Waals surface area (Å²) in [6.45, 7) is 0.274. The molecular weight excluding hydrogens is 408 g/mol. The Morgan fingerprint density at radius 3 is 2.84 bits per heavy atom. The molecule has 1 aliphatic carbocycles. The number of fused-ring (bicyclic) bond motifs is 2. The van der Waals surface area contributed by atoms with Gasteiger partial charge in [-0.25, -0.2) is 4.98 Å². The predicted molar refractivity (Wildman–Crippen MR) is 117 cm³/mol. The van der Waals surface area contributed by atoms with Gasteiger partial charge in [-0.15, -0.1) is 0 Å². The zero-order valence-electron chi connectivity index (χ0n) is 17.4. The average molecular weight is 430 g/mol. The number of rotatable bonds is 5. The van der Waals surface area contributed by atoms with Crippen molar-refractivity contribution in [3.63, 3.8) is 0 Å². The van der Waals surface area contributed by atoms with Crippen molar-refractivity contribution in [1.82, 2.24) is 20.2 Å².